The van der Waals surface area contributed by atoms with Crippen LogP contribution in [0.4, 0.5) is 0 Å². The monoisotopic (exact) mass is 416 g/mol. The zero-order valence-electron chi connectivity index (χ0n) is 19.1. The Morgan fingerprint density at radius 2 is 1.60 bits per heavy atom. The maximum atomic E-state index is 12.8. The Bertz CT molecular complexity index is 799. The molecular weight excluding hydrogens is 380 g/mol. The predicted molar refractivity (Wildman–Crippen MR) is 112 cm³/mol. The average Bonchev–Trinajstić information content (AvgIpc) is 2.94. The number of hydrogen-bond acceptors (Lipinski definition) is 5. The van der Waals surface area contributed by atoms with E-state index in [0.29, 0.717) is 24.2 Å². The van der Waals surface area contributed by atoms with Gasteiger partial charge in [0.25, 0.3) is 0 Å². The third kappa shape index (κ3) is 2.98. The zero-order valence-corrected chi connectivity index (χ0v) is 19.1. The van der Waals surface area contributed by atoms with E-state index in [-0.39, 0.29) is 34.7 Å². The van der Waals surface area contributed by atoms with E-state index in [1.807, 2.05) is 0 Å². The standard InChI is InChI=1S/C25H36O5/c1-15(26)25(30-17(3)28)13-10-22-20-7-6-18-14-19(29-16(2)27)8-11-23(18,4)21(20)9-12-24(22,25)5/h14,19-22H,6-13H2,1-5H3/t19-,20+,21+,22+,23-,24-,25-/m0/s1. The van der Waals surface area contributed by atoms with Gasteiger partial charge in [0.05, 0.1) is 0 Å². The number of esters is 2. The van der Waals surface area contributed by atoms with Gasteiger partial charge >= 0.3 is 11.9 Å². The maximum Gasteiger partial charge on any atom is 0.303 e. The minimum absolute atomic E-state index is 0.00523. The second kappa shape index (κ2) is 7.20. The molecule has 0 saturated heterocycles. The van der Waals surface area contributed by atoms with Crippen molar-refractivity contribution in [1.29, 1.82) is 0 Å². The van der Waals surface area contributed by atoms with Crippen LogP contribution in [0, 0.1) is 28.6 Å². The lowest BCUT2D eigenvalue weighted by atomic mass is 9.46. The summed E-state index contributed by atoms with van der Waals surface area (Å²) in [5.74, 6) is 0.981. The van der Waals surface area contributed by atoms with Gasteiger partial charge in [0.1, 0.15) is 6.10 Å². The van der Waals surface area contributed by atoms with Crippen molar-refractivity contribution in [2.75, 3.05) is 0 Å². The van der Waals surface area contributed by atoms with Crippen molar-refractivity contribution in [3.05, 3.63) is 11.6 Å². The number of fused-ring (bicyclic) bond motifs is 5. The highest BCUT2D eigenvalue weighted by atomic mass is 16.6. The Labute approximate surface area is 179 Å². The first-order valence-corrected chi connectivity index (χ1v) is 11.6. The van der Waals surface area contributed by atoms with Gasteiger partial charge in [-0.3, -0.25) is 14.4 Å². The predicted octanol–water partition coefficient (Wildman–Crippen LogP) is 4.77. The molecule has 0 N–H and O–H groups in total. The first kappa shape index (κ1) is 21.6. The highest BCUT2D eigenvalue weighted by Gasteiger charge is 2.67. The fourth-order valence-corrected chi connectivity index (χ4v) is 8.06. The van der Waals surface area contributed by atoms with Gasteiger partial charge < -0.3 is 9.47 Å². The Morgan fingerprint density at radius 1 is 0.900 bits per heavy atom. The minimum atomic E-state index is -0.960. The molecule has 0 aromatic rings. The fourth-order valence-electron chi connectivity index (χ4n) is 8.06. The second-order valence-corrected chi connectivity index (χ2v) is 10.7. The number of carbonyl (C=O) groups is 3. The Kier molecular flexibility index (Phi) is 5.18. The van der Waals surface area contributed by atoms with Crippen molar-refractivity contribution < 1.29 is 23.9 Å². The SMILES string of the molecule is CC(=O)O[C@@H]1C=C2CC[C@@H]3[C@@H](CC[C@@]4(C)[C@@H]3CC[C@]4(OC(C)=O)C(C)=O)[C@@]2(C)CC1. The van der Waals surface area contributed by atoms with Gasteiger partial charge in [0.15, 0.2) is 11.4 Å². The summed E-state index contributed by atoms with van der Waals surface area (Å²) < 4.78 is 11.3. The van der Waals surface area contributed by atoms with E-state index in [9.17, 15) is 14.4 Å². The van der Waals surface area contributed by atoms with Crippen LogP contribution < -0.4 is 0 Å². The van der Waals surface area contributed by atoms with Crippen LogP contribution in [0.2, 0.25) is 0 Å². The van der Waals surface area contributed by atoms with Crippen LogP contribution in [0.15, 0.2) is 11.6 Å². The van der Waals surface area contributed by atoms with Crippen LogP contribution >= 0.6 is 0 Å². The molecule has 166 valence electrons. The maximum absolute atomic E-state index is 12.8. The van der Waals surface area contributed by atoms with E-state index in [1.54, 1.807) is 6.92 Å². The van der Waals surface area contributed by atoms with E-state index in [4.69, 9.17) is 9.47 Å². The second-order valence-electron chi connectivity index (χ2n) is 10.7. The molecule has 3 fully saturated rings. The highest BCUT2D eigenvalue weighted by molar-refractivity contribution is 5.89. The molecule has 0 spiro atoms. The molecule has 4 aliphatic rings. The largest absolute Gasteiger partial charge is 0.458 e. The summed E-state index contributed by atoms with van der Waals surface area (Å²) in [7, 11) is 0. The summed E-state index contributed by atoms with van der Waals surface area (Å²) in [5.41, 5.74) is 0.362. The molecule has 4 rings (SSSR count). The normalized spacial score (nSPS) is 44.8. The van der Waals surface area contributed by atoms with Crippen LogP contribution in [0.1, 0.15) is 86.0 Å². The van der Waals surface area contributed by atoms with Crippen molar-refractivity contribution in [3.8, 4) is 0 Å². The van der Waals surface area contributed by atoms with Crippen molar-refractivity contribution in [3.63, 3.8) is 0 Å². The number of Topliss-reactive ketones (excluding diaryl/α,β-unsaturated/α-hetero) is 1. The number of ketones is 1. The molecule has 3 saturated carbocycles. The molecule has 0 aromatic carbocycles. The van der Waals surface area contributed by atoms with Gasteiger partial charge in [-0.05, 0) is 87.5 Å². The van der Waals surface area contributed by atoms with E-state index < -0.39 is 5.60 Å². The lowest BCUT2D eigenvalue weighted by Gasteiger charge is -2.59. The highest BCUT2D eigenvalue weighted by Crippen LogP contribution is 2.68. The Balaban J connectivity index is 1.63. The van der Waals surface area contributed by atoms with E-state index in [1.165, 1.54) is 19.4 Å². The topological polar surface area (TPSA) is 69.7 Å². The molecular formula is C25H36O5. The zero-order chi connectivity index (χ0) is 21.9. The fraction of sp³-hybridized carbons (Fsp3) is 0.800. The summed E-state index contributed by atoms with van der Waals surface area (Å²) >= 11 is 0. The van der Waals surface area contributed by atoms with Crippen molar-refractivity contribution in [2.24, 2.45) is 28.6 Å². The summed E-state index contributed by atoms with van der Waals surface area (Å²) in [4.78, 5) is 36.2. The third-order valence-corrected chi connectivity index (χ3v) is 9.39. The van der Waals surface area contributed by atoms with Gasteiger partial charge in [0.2, 0.25) is 0 Å². The number of carbonyl (C=O) groups excluding carboxylic acids is 3. The van der Waals surface area contributed by atoms with Crippen LogP contribution in [-0.4, -0.2) is 29.4 Å². The van der Waals surface area contributed by atoms with E-state index in [0.717, 1.165) is 44.9 Å². The van der Waals surface area contributed by atoms with Gasteiger partial charge in [-0.25, -0.2) is 0 Å². The van der Waals surface area contributed by atoms with E-state index in [2.05, 4.69) is 19.9 Å². The summed E-state index contributed by atoms with van der Waals surface area (Å²) in [6, 6.07) is 0. The molecule has 4 aliphatic carbocycles. The lowest BCUT2D eigenvalue weighted by molar-refractivity contribution is -0.187. The quantitative estimate of drug-likeness (QED) is 0.489. The third-order valence-electron chi connectivity index (χ3n) is 9.39. The first-order chi connectivity index (χ1) is 14.0. The van der Waals surface area contributed by atoms with Crippen LogP contribution in [0.25, 0.3) is 0 Å². The lowest BCUT2D eigenvalue weighted by Crippen LogP contribution is -2.58. The molecule has 0 amide bonds. The van der Waals surface area contributed by atoms with Crippen LogP contribution in [0.3, 0.4) is 0 Å². The summed E-state index contributed by atoms with van der Waals surface area (Å²) in [6.07, 6.45) is 9.78. The van der Waals surface area contributed by atoms with Crippen molar-refractivity contribution in [2.45, 2.75) is 97.7 Å². The van der Waals surface area contributed by atoms with Gasteiger partial charge in [-0.15, -0.1) is 0 Å². The molecule has 7 atom stereocenters. The molecule has 0 radical (unpaired) electrons. The molecule has 0 unspecified atom stereocenters. The number of rotatable bonds is 3. The first-order valence-electron chi connectivity index (χ1n) is 11.6. The molecule has 5 heteroatoms. The molecule has 0 bridgehead atoms. The van der Waals surface area contributed by atoms with Gasteiger partial charge in [-0.1, -0.05) is 19.4 Å². The smallest absolute Gasteiger partial charge is 0.303 e. The minimum Gasteiger partial charge on any atom is -0.458 e. The Morgan fingerprint density at radius 3 is 2.23 bits per heavy atom. The molecule has 5 nitrogen and oxygen atoms in total. The van der Waals surface area contributed by atoms with Gasteiger partial charge in [0, 0.05) is 19.3 Å². The van der Waals surface area contributed by atoms with Crippen LogP contribution in [-0.2, 0) is 23.9 Å². The summed E-state index contributed by atoms with van der Waals surface area (Å²) in [6.45, 7) is 9.11. The van der Waals surface area contributed by atoms with E-state index >= 15 is 0 Å². The van der Waals surface area contributed by atoms with Gasteiger partial charge in [-0.2, -0.15) is 0 Å². The molecule has 0 aromatic heterocycles. The molecule has 0 aliphatic heterocycles. The van der Waals surface area contributed by atoms with Crippen LogP contribution in [0.5, 0.6) is 0 Å². The average molecular weight is 417 g/mol. The number of ether oxygens (including phenoxy) is 2. The molecule has 0 heterocycles. The van der Waals surface area contributed by atoms with Crippen molar-refractivity contribution in [1.82, 2.24) is 0 Å². The van der Waals surface area contributed by atoms with Crippen molar-refractivity contribution >= 4 is 17.7 Å². The number of hydrogen-bond donors (Lipinski definition) is 0. The summed E-state index contributed by atoms with van der Waals surface area (Å²) in [5, 5.41) is 0. The number of allylic oxidation sites excluding steroid dienone is 1. The molecule has 30 heavy (non-hydrogen) atoms. The Hall–Kier alpha value is -1.65.